The maximum Gasteiger partial charge on any atom is 0.402 e. The zero-order valence-electron chi connectivity index (χ0n) is 10.7. The summed E-state index contributed by atoms with van der Waals surface area (Å²) in [5, 5.41) is -0.149. The summed E-state index contributed by atoms with van der Waals surface area (Å²) in [6.07, 6.45) is -1.50. The van der Waals surface area contributed by atoms with Gasteiger partial charge in [-0.05, 0) is 12.5 Å². The molecule has 0 aliphatic rings. The fourth-order valence-corrected chi connectivity index (χ4v) is 3.38. The van der Waals surface area contributed by atoms with Gasteiger partial charge in [0.25, 0.3) is 0 Å². The summed E-state index contributed by atoms with van der Waals surface area (Å²) in [7, 11) is -4.32. The number of halogens is 4. The van der Waals surface area contributed by atoms with E-state index in [0.29, 0.717) is 17.1 Å². The second-order valence-electron chi connectivity index (χ2n) is 4.11. The molecule has 0 N–H and O–H groups in total. The normalized spacial score (nSPS) is 12.9. The van der Waals surface area contributed by atoms with Crippen molar-refractivity contribution >= 4 is 21.6 Å². The lowest BCUT2D eigenvalue weighted by molar-refractivity contribution is -0.136. The van der Waals surface area contributed by atoms with Gasteiger partial charge in [0.05, 0.1) is 5.02 Å². The van der Waals surface area contributed by atoms with Gasteiger partial charge < -0.3 is 0 Å². The zero-order valence-corrected chi connectivity index (χ0v) is 12.3. The summed E-state index contributed by atoms with van der Waals surface area (Å²) in [6, 6.07) is 1.22. The number of hydrogen-bond donors (Lipinski definition) is 0. The maximum atomic E-state index is 12.5. The number of alkyl halides is 3. The Kier molecular flexibility index (Phi) is 5.79. The lowest BCUT2D eigenvalue weighted by Gasteiger charge is -2.23. The van der Waals surface area contributed by atoms with Crippen molar-refractivity contribution in [1.29, 1.82) is 0 Å². The Labute approximate surface area is 120 Å². The highest BCUT2D eigenvalue weighted by molar-refractivity contribution is 7.89. The van der Waals surface area contributed by atoms with Crippen LogP contribution in [0.5, 0.6) is 0 Å². The number of pyridine rings is 1. The van der Waals surface area contributed by atoms with Crippen LogP contribution < -0.4 is 0 Å². The van der Waals surface area contributed by atoms with E-state index in [0.717, 1.165) is 6.20 Å². The molecule has 0 unspecified atom stereocenters. The van der Waals surface area contributed by atoms with Gasteiger partial charge >= 0.3 is 6.18 Å². The molecule has 0 spiro atoms. The SMILES string of the molecule is CCCCN(CC(F)(F)F)S(=O)(=O)c1cnccc1Cl. The quantitative estimate of drug-likeness (QED) is 0.805. The molecule has 114 valence electrons. The Balaban J connectivity index is 3.14. The summed E-state index contributed by atoms with van der Waals surface area (Å²) >= 11 is 5.73. The molecule has 1 rings (SSSR count). The molecule has 0 saturated carbocycles. The van der Waals surface area contributed by atoms with Crippen molar-refractivity contribution < 1.29 is 21.6 Å². The topological polar surface area (TPSA) is 50.3 Å². The van der Waals surface area contributed by atoms with Crippen LogP contribution in [-0.2, 0) is 10.0 Å². The van der Waals surface area contributed by atoms with Crippen LogP contribution in [0.1, 0.15) is 19.8 Å². The molecule has 1 aromatic heterocycles. The number of sulfonamides is 1. The standard InChI is InChI=1S/C11H14ClF3N2O2S/c1-2-3-6-17(8-11(13,14)15)20(18,19)10-7-16-5-4-9(10)12/h4-5,7H,2-3,6,8H2,1H3. The fourth-order valence-electron chi connectivity index (χ4n) is 1.51. The Morgan fingerprint density at radius 3 is 2.55 bits per heavy atom. The summed E-state index contributed by atoms with van der Waals surface area (Å²) in [5.41, 5.74) is 0. The molecule has 0 amide bonds. The fraction of sp³-hybridized carbons (Fsp3) is 0.545. The average Bonchev–Trinajstić information content (AvgIpc) is 2.33. The van der Waals surface area contributed by atoms with Crippen molar-refractivity contribution in [3.8, 4) is 0 Å². The van der Waals surface area contributed by atoms with E-state index in [1.54, 1.807) is 6.92 Å². The van der Waals surface area contributed by atoms with Gasteiger partial charge in [-0.1, -0.05) is 24.9 Å². The van der Waals surface area contributed by atoms with Crippen LogP contribution >= 0.6 is 11.6 Å². The minimum absolute atomic E-state index is 0.149. The van der Waals surface area contributed by atoms with Gasteiger partial charge in [0.15, 0.2) is 0 Å². The van der Waals surface area contributed by atoms with Gasteiger partial charge in [0.2, 0.25) is 10.0 Å². The molecule has 0 fully saturated rings. The molecule has 0 bridgehead atoms. The molecule has 0 atom stereocenters. The summed E-state index contributed by atoms with van der Waals surface area (Å²) in [4.78, 5) is 3.18. The molecule has 9 heteroatoms. The molecule has 0 saturated heterocycles. The van der Waals surface area contributed by atoms with Crippen LogP contribution in [0.2, 0.25) is 5.02 Å². The first-order chi connectivity index (χ1) is 9.18. The predicted octanol–water partition coefficient (Wildman–Crippen LogP) is 3.09. The molecule has 20 heavy (non-hydrogen) atoms. The van der Waals surface area contributed by atoms with E-state index in [9.17, 15) is 21.6 Å². The highest BCUT2D eigenvalue weighted by Gasteiger charge is 2.37. The number of nitrogens with zero attached hydrogens (tertiary/aromatic N) is 2. The molecule has 0 aliphatic carbocycles. The van der Waals surface area contributed by atoms with Crippen molar-refractivity contribution in [3.05, 3.63) is 23.5 Å². The summed E-state index contributed by atoms with van der Waals surface area (Å²) in [6.45, 7) is -0.000435. The summed E-state index contributed by atoms with van der Waals surface area (Å²) < 4.78 is 62.4. The van der Waals surface area contributed by atoms with Crippen molar-refractivity contribution in [2.75, 3.05) is 13.1 Å². The highest BCUT2D eigenvalue weighted by atomic mass is 35.5. The van der Waals surface area contributed by atoms with Gasteiger partial charge in [-0.25, -0.2) is 8.42 Å². The van der Waals surface area contributed by atoms with Gasteiger partial charge in [-0.15, -0.1) is 0 Å². The van der Waals surface area contributed by atoms with Crippen LogP contribution in [0.4, 0.5) is 13.2 Å². The van der Waals surface area contributed by atoms with Crippen molar-refractivity contribution in [3.63, 3.8) is 0 Å². The van der Waals surface area contributed by atoms with Crippen LogP contribution in [-0.4, -0.2) is 37.0 Å². The molecule has 0 aliphatic heterocycles. The molecule has 1 heterocycles. The third-order valence-corrected chi connectivity index (χ3v) is 4.78. The van der Waals surface area contributed by atoms with E-state index < -0.39 is 27.6 Å². The Hall–Kier alpha value is -0.860. The molecule has 0 radical (unpaired) electrons. The molecule has 0 aromatic carbocycles. The van der Waals surface area contributed by atoms with Crippen LogP contribution in [0.25, 0.3) is 0 Å². The average molecular weight is 331 g/mol. The van der Waals surface area contributed by atoms with Gasteiger partial charge in [0, 0.05) is 18.9 Å². The number of unbranched alkanes of at least 4 members (excludes halogenated alkanes) is 1. The van der Waals surface area contributed by atoms with Gasteiger partial charge in [0.1, 0.15) is 11.4 Å². The monoisotopic (exact) mass is 330 g/mol. The van der Waals surface area contributed by atoms with Crippen molar-refractivity contribution in [1.82, 2.24) is 9.29 Å². The van der Waals surface area contributed by atoms with Crippen LogP contribution in [0, 0.1) is 0 Å². The Morgan fingerprint density at radius 2 is 2.05 bits per heavy atom. The zero-order chi connectivity index (χ0) is 15.4. The smallest absolute Gasteiger partial charge is 0.263 e. The first kappa shape index (κ1) is 17.2. The molecule has 4 nitrogen and oxygen atoms in total. The largest absolute Gasteiger partial charge is 0.402 e. The Morgan fingerprint density at radius 1 is 1.40 bits per heavy atom. The lowest BCUT2D eigenvalue weighted by atomic mass is 10.3. The molecular formula is C11H14ClF3N2O2S. The number of rotatable bonds is 6. The molecular weight excluding hydrogens is 317 g/mol. The van der Waals surface area contributed by atoms with E-state index in [-0.39, 0.29) is 11.6 Å². The van der Waals surface area contributed by atoms with E-state index >= 15 is 0 Å². The number of hydrogen-bond acceptors (Lipinski definition) is 3. The van der Waals surface area contributed by atoms with E-state index in [1.807, 2.05) is 0 Å². The predicted molar refractivity (Wildman–Crippen MR) is 69.0 cm³/mol. The van der Waals surface area contributed by atoms with Crippen LogP contribution in [0.15, 0.2) is 23.4 Å². The third-order valence-electron chi connectivity index (χ3n) is 2.47. The minimum Gasteiger partial charge on any atom is -0.263 e. The van der Waals surface area contributed by atoms with Gasteiger partial charge in [-0.2, -0.15) is 17.5 Å². The number of aromatic nitrogens is 1. The summed E-state index contributed by atoms with van der Waals surface area (Å²) in [5.74, 6) is 0. The first-order valence-corrected chi connectivity index (χ1v) is 7.66. The van der Waals surface area contributed by atoms with Gasteiger partial charge in [-0.3, -0.25) is 4.98 Å². The first-order valence-electron chi connectivity index (χ1n) is 5.85. The van der Waals surface area contributed by atoms with Crippen molar-refractivity contribution in [2.24, 2.45) is 0 Å². The molecule has 1 aromatic rings. The third kappa shape index (κ3) is 4.60. The van der Waals surface area contributed by atoms with E-state index in [2.05, 4.69) is 4.98 Å². The second-order valence-corrected chi connectivity index (χ2v) is 6.43. The maximum absolute atomic E-state index is 12.5. The van der Waals surface area contributed by atoms with E-state index in [4.69, 9.17) is 11.6 Å². The Bertz CT molecular complexity index is 549. The van der Waals surface area contributed by atoms with Crippen LogP contribution in [0.3, 0.4) is 0 Å². The minimum atomic E-state index is -4.62. The highest BCUT2D eigenvalue weighted by Crippen LogP contribution is 2.26. The van der Waals surface area contributed by atoms with Crippen molar-refractivity contribution in [2.45, 2.75) is 30.8 Å². The van der Waals surface area contributed by atoms with E-state index in [1.165, 1.54) is 12.3 Å². The lowest BCUT2D eigenvalue weighted by Crippen LogP contribution is -2.39. The second kappa shape index (κ2) is 6.73.